The van der Waals surface area contributed by atoms with E-state index in [0.29, 0.717) is 68.8 Å². The quantitative estimate of drug-likeness (QED) is 0.0128. The van der Waals surface area contributed by atoms with Gasteiger partial charge in [-0.3, -0.25) is 19.2 Å². The molecule has 0 spiro atoms. The van der Waals surface area contributed by atoms with E-state index < -0.39 is 47.5 Å². The number of anilines is 4. The van der Waals surface area contributed by atoms with Gasteiger partial charge in [-0.2, -0.15) is 0 Å². The second kappa shape index (κ2) is 32.3. The van der Waals surface area contributed by atoms with E-state index in [0.717, 1.165) is 25.7 Å². The van der Waals surface area contributed by atoms with E-state index in [2.05, 4.69) is 21.3 Å². The molecule has 0 heterocycles. The van der Waals surface area contributed by atoms with Crippen LogP contribution in [0, 0.1) is 27.7 Å². The Kier molecular flexibility index (Phi) is 24.0. The number of aryl methyl sites for hydroxylation is 4. The number of esters is 4. The molecule has 0 aromatic heterocycles. The molecule has 0 aliphatic rings. The van der Waals surface area contributed by atoms with Crippen LogP contribution in [0.5, 0.6) is 34.5 Å². The van der Waals surface area contributed by atoms with Crippen LogP contribution in [0.3, 0.4) is 0 Å². The minimum absolute atomic E-state index is 0.0681. The molecule has 0 radical (unpaired) electrons. The first-order chi connectivity index (χ1) is 44.5. The largest absolute Gasteiger partial charge is 0.506 e. The van der Waals surface area contributed by atoms with Crippen molar-refractivity contribution < 1.29 is 82.5 Å². The number of hydrogen-bond donors (Lipinski definition) is 8. The van der Waals surface area contributed by atoms with E-state index in [9.17, 15) is 58.8 Å². The number of aromatic hydroxyl groups is 4. The monoisotopic (exact) mass is 1260 g/mol. The fourth-order valence-electron chi connectivity index (χ4n) is 9.13. The number of hydrogen-bond acceptors (Lipinski definition) is 17. The Morgan fingerprint density at radius 1 is 0.333 bits per heavy atom. The van der Waals surface area contributed by atoms with Crippen molar-refractivity contribution in [3.05, 3.63) is 212 Å². The maximum absolute atomic E-state index is 13.0. The number of phenolic OH excluding ortho intramolecular Hbond substituents is 4. The number of ether oxygens (including phenoxy) is 5. The zero-order valence-electron chi connectivity index (χ0n) is 52.6. The fourth-order valence-corrected chi connectivity index (χ4v) is 9.13. The smallest absolute Gasteiger partial charge is 0.338 e. The number of carbonyl (C=O) groups excluding carboxylic acids is 8. The highest BCUT2D eigenvalue weighted by Gasteiger charge is 2.21. The van der Waals surface area contributed by atoms with Gasteiger partial charge in [0.05, 0.1) is 71.4 Å². The zero-order valence-corrected chi connectivity index (χ0v) is 52.6. The van der Waals surface area contributed by atoms with Crippen LogP contribution >= 0.6 is 0 Å². The number of unbranched alkanes of at least 4 members (excludes halogenated alkanes) is 2. The average Bonchev–Trinajstić information content (AvgIpc) is 1.34. The molecule has 8 N–H and O–H groups in total. The van der Waals surface area contributed by atoms with Gasteiger partial charge in [0.15, 0.2) is 0 Å². The van der Waals surface area contributed by atoms with Crippen LogP contribution in [0.4, 0.5) is 22.7 Å². The van der Waals surface area contributed by atoms with Gasteiger partial charge in [0.1, 0.15) is 34.5 Å². The van der Waals surface area contributed by atoms with Crippen molar-refractivity contribution >= 4 is 70.3 Å². The molecule has 8 aromatic rings. The standard InChI is InChI=1S/C38H40N2O8.C34H32N2O9/c1-5-7-17-47-37(45)29-19-27(11-9-23(29)3)35(43)39-31-15-13-25(21-33(31)41)26-14-16-32(34(42)22-26)40-36(44)28-12-10-24(4)30(20-28)38(46)48-18-8-6-2;1-5-43-33(41)25-11-7-21(15-19(25)3)31(39)35-27-17-23(9-13-29(27)37)45-24-10-14-30(38)28(18-24)36-32(40)22-8-12-26(20(4)16-22)34(42)44-6-2/h9-16,19-22,41-42H,5-8,17-18H2,1-4H3,(H,39,43)(H,40,44);7-18,37-38H,5-6H2,1-4H3,(H,35,39)(H,36,40). The summed E-state index contributed by atoms with van der Waals surface area (Å²) in [6.07, 6.45) is 3.26. The molecule has 8 aromatic carbocycles. The molecular weight excluding hydrogens is 1190 g/mol. The number of amides is 4. The second-order valence-corrected chi connectivity index (χ2v) is 21.3. The Morgan fingerprint density at radius 3 is 1.02 bits per heavy atom. The molecule has 0 saturated carbocycles. The van der Waals surface area contributed by atoms with Crippen LogP contribution in [-0.4, -0.2) is 94.4 Å². The van der Waals surface area contributed by atoms with Gasteiger partial charge in [-0.05, 0) is 197 Å². The molecule has 0 aliphatic carbocycles. The minimum atomic E-state index is -0.527. The SMILES string of the molecule is CCCCOC(=O)c1cc(C(=O)Nc2ccc(-c3ccc(NC(=O)c4ccc(C)c(C(=O)OCCCC)c4)c(O)c3)cc2O)ccc1C.CCOC(=O)c1ccc(C(=O)Nc2cc(Oc3ccc(O)c(NC(=O)c4ccc(C(=O)OCC)c(C)c4)c3)ccc2O)cc1C. The first kappa shape index (κ1) is 69.0. The summed E-state index contributed by atoms with van der Waals surface area (Å²) in [6.45, 7) is 15.3. The van der Waals surface area contributed by atoms with Crippen LogP contribution in [0.1, 0.15) is 158 Å². The Bertz CT molecular complexity index is 3880. The minimum Gasteiger partial charge on any atom is -0.506 e. The Hall–Kier alpha value is -11.5. The second-order valence-electron chi connectivity index (χ2n) is 21.3. The topological polar surface area (TPSA) is 312 Å². The lowest BCUT2D eigenvalue weighted by Gasteiger charge is -2.13. The third kappa shape index (κ3) is 18.3. The first-order valence-electron chi connectivity index (χ1n) is 29.9. The molecule has 0 unspecified atom stereocenters. The molecule has 482 valence electrons. The normalized spacial score (nSPS) is 10.6. The van der Waals surface area contributed by atoms with Crippen LogP contribution in [0.25, 0.3) is 11.1 Å². The maximum Gasteiger partial charge on any atom is 0.338 e. The van der Waals surface area contributed by atoms with Crippen molar-refractivity contribution in [2.24, 2.45) is 0 Å². The van der Waals surface area contributed by atoms with Crippen molar-refractivity contribution in [3.63, 3.8) is 0 Å². The van der Waals surface area contributed by atoms with Crippen molar-refractivity contribution in [1.82, 2.24) is 0 Å². The van der Waals surface area contributed by atoms with Gasteiger partial charge < -0.3 is 65.4 Å². The summed E-state index contributed by atoms with van der Waals surface area (Å²) in [5, 5.41) is 52.8. The number of carbonyl (C=O) groups is 8. The van der Waals surface area contributed by atoms with Gasteiger partial charge in [-0.1, -0.05) is 51.0 Å². The Morgan fingerprint density at radius 2 is 0.677 bits per heavy atom. The van der Waals surface area contributed by atoms with E-state index in [1.807, 2.05) is 13.8 Å². The van der Waals surface area contributed by atoms with Crippen LogP contribution in [0.15, 0.2) is 146 Å². The lowest BCUT2D eigenvalue weighted by Crippen LogP contribution is -2.15. The highest BCUT2D eigenvalue weighted by Crippen LogP contribution is 2.37. The summed E-state index contributed by atoms with van der Waals surface area (Å²) in [5.41, 5.74) is 6.23. The van der Waals surface area contributed by atoms with Crippen molar-refractivity contribution in [2.75, 3.05) is 47.7 Å². The Balaban J connectivity index is 0.000000264. The molecule has 0 fully saturated rings. The van der Waals surface area contributed by atoms with E-state index in [1.54, 1.807) is 90.1 Å². The number of rotatable bonds is 23. The molecule has 4 amide bonds. The van der Waals surface area contributed by atoms with Crippen LogP contribution in [0.2, 0.25) is 0 Å². The van der Waals surface area contributed by atoms with E-state index in [1.165, 1.54) is 97.1 Å². The summed E-state index contributed by atoms with van der Waals surface area (Å²) >= 11 is 0. The van der Waals surface area contributed by atoms with Gasteiger partial charge in [-0.25, -0.2) is 19.2 Å². The van der Waals surface area contributed by atoms with Crippen LogP contribution < -0.4 is 26.0 Å². The van der Waals surface area contributed by atoms with E-state index in [4.69, 9.17) is 23.7 Å². The molecular formula is C72H72N4O17. The third-order valence-electron chi connectivity index (χ3n) is 14.4. The number of benzene rings is 8. The van der Waals surface area contributed by atoms with Gasteiger partial charge in [0.2, 0.25) is 0 Å². The molecule has 21 nitrogen and oxygen atoms in total. The predicted molar refractivity (Wildman–Crippen MR) is 350 cm³/mol. The third-order valence-corrected chi connectivity index (χ3v) is 14.4. The van der Waals surface area contributed by atoms with Gasteiger partial charge >= 0.3 is 23.9 Å². The molecule has 21 heteroatoms. The maximum atomic E-state index is 13.0. The number of phenols is 4. The van der Waals surface area contributed by atoms with Gasteiger partial charge in [0.25, 0.3) is 23.6 Å². The highest BCUT2D eigenvalue weighted by molar-refractivity contribution is 6.09. The molecule has 8 rings (SSSR count). The first-order valence-corrected chi connectivity index (χ1v) is 29.9. The predicted octanol–water partition coefficient (Wildman–Crippen LogP) is 14.2. The zero-order chi connectivity index (χ0) is 67.5. The fraction of sp³-hybridized carbons (Fsp3) is 0.222. The summed E-state index contributed by atoms with van der Waals surface area (Å²) in [5.74, 6) is -4.43. The summed E-state index contributed by atoms with van der Waals surface area (Å²) < 4.78 is 26.5. The van der Waals surface area contributed by atoms with E-state index in [-0.39, 0.29) is 92.7 Å². The van der Waals surface area contributed by atoms with Crippen LogP contribution in [-0.2, 0) is 18.9 Å². The Labute approximate surface area is 537 Å². The molecule has 0 atom stereocenters. The number of nitrogens with one attached hydrogen (secondary N) is 4. The molecule has 0 aliphatic heterocycles. The molecule has 0 bridgehead atoms. The lowest BCUT2D eigenvalue weighted by molar-refractivity contribution is 0.0489. The van der Waals surface area contributed by atoms with Crippen molar-refractivity contribution in [1.29, 1.82) is 0 Å². The van der Waals surface area contributed by atoms with Gasteiger partial charge in [0, 0.05) is 34.4 Å². The average molecular weight is 1270 g/mol. The summed E-state index contributed by atoms with van der Waals surface area (Å²) in [6, 6.07) is 36.1. The summed E-state index contributed by atoms with van der Waals surface area (Å²) in [7, 11) is 0. The summed E-state index contributed by atoms with van der Waals surface area (Å²) in [4.78, 5) is 101. The molecule has 93 heavy (non-hydrogen) atoms. The molecule has 0 saturated heterocycles. The lowest BCUT2D eigenvalue weighted by atomic mass is 10.0. The van der Waals surface area contributed by atoms with Crippen molar-refractivity contribution in [3.8, 4) is 45.6 Å². The van der Waals surface area contributed by atoms with Gasteiger partial charge in [-0.15, -0.1) is 0 Å². The van der Waals surface area contributed by atoms with E-state index >= 15 is 0 Å². The highest BCUT2D eigenvalue weighted by atomic mass is 16.5. The van der Waals surface area contributed by atoms with Crippen molar-refractivity contribution in [2.45, 2.75) is 81.1 Å².